The molecule has 2 aromatic heterocycles. The van der Waals surface area contributed by atoms with E-state index in [1.54, 1.807) is 16.0 Å². The summed E-state index contributed by atoms with van der Waals surface area (Å²) in [6, 6.07) is 3.94. The van der Waals surface area contributed by atoms with E-state index in [1.165, 1.54) is 0 Å². The summed E-state index contributed by atoms with van der Waals surface area (Å²) in [4.78, 5) is 8.17. The molecule has 0 radical (unpaired) electrons. The lowest BCUT2D eigenvalue weighted by molar-refractivity contribution is -0.00805. The van der Waals surface area contributed by atoms with Crippen molar-refractivity contribution < 1.29 is 4.74 Å². The molecular formula is C16H23ClIN5OS. The lowest BCUT2D eigenvalue weighted by Crippen LogP contribution is -2.48. The van der Waals surface area contributed by atoms with E-state index < -0.39 is 0 Å². The van der Waals surface area contributed by atoms with Crippen LogP contribution in [0.3, 0.4) is 0 Å². The first-order chi connectivity index (χ1) is 11.7. The zero-order chi connectivity index (χ0) is 16.9. The second kappa shape index (κ2) is 9.75. The Bertz CT molecular complexity index is 704. The molecule has 0 amide bonds. The van der Waals surface area contributed by atoms with Gasteiger partial charge >= 0.3 is 0 Å². The van der Waals surface area contributed by atoms with Crippen LogP contribution in [-0.2, 0) is 18.3 Å². The van der Waals surface area contributed by atoms with Gasteiger partial charge in [-0.25, -0.2) is 4.99 Å². The summed E-state index contributed by atoms with van der Waals surface area (Å²) < 4.78 is 8.51. The fourth-order valence-electron chi connectivity index (χ4n) is 2.67. The van der Waals surface area contributed by atoms with Crippen LogP contribution in [0.25, 0.3) is 0 Å². The third-order valence-electron chi connectivity index (χ3n) is 3.81. The Morgan fingerprint density at radius 2 is 2.36 bits per heavy atom. The van der Waals surface area contributed by atoms with E-state index in [0.717, 1.165) is 40.4 Å². The minimum absolute atomic E-state index is 0. The number of aryl methyl sites for hydroxylation is 1. The maximum absolute atomic E-state index is 5.99. The van der Waals surface area contributed by atoms with Crippen LogP contribution in [0.4, 0.5) is 0 Å². The molecule has 0 aliphatic carbocycles. The Morgan fingerprint density at radius 1 is 1.52 bits per heavy atom. The Morgan fingerprint density at radius 3 is 3.00 bits per heavy atom. The van der Waals surface area contributed by atoms with E-state index in [0.29, 0.717) is 13.2 Å². The number of aliphatic imine (C=N–C) groups is 1. The monoisotopic (exact) mass is 495 g/mol. The van der Waals surface area contributed by atoms with Gasteiger partial charge in [0.25, 0.3) is 0 Å². The highest BCUT2D eigenvalue weighted by atomic mass is 127. The maximum atomic E-state index is 5.99. The third kappa shape index (κ3) is 5.57. The fourth-order valence-corrected chi connectivity index (χ4v) is 3.68. The fraction of sp³-hybridized carbons (Fsp3) is 0.500. The van der Waals surface area contributed by atoms with Crippen molar-refractivity contribution in [1.82, 2.24) is 20.0 Å². The average Bonchev–Trinajstić information content (AvgIpc) is 3.20. The van der Waals surface area contributed by atoms with E-state index in [-0.39, 0.29) is 30.1 Å². The van der Waals surface area contributed by atoms with Crippen LogP contribution in [0.2, 0.25) is 4.34 Å². The molecule has 3 heterocycles. The number of hydrogen-bond acceptors (Lipinski definition) is 4. The lowest BCUT2D eigenvalue weighted by atomic mass is 10.1. The second-order valence-electron chi connectivity index (χ2n) is 5.63. The number of rotatable bonds is 4. The molecule has 1 fully saturated rings. The summed E-state index contributed by atoms with van der Waals surface area (Å²) in [6.07, 6.45) is 3.89. The highest BCUT2D eigenvalue weighted by Crippen LogP contribution is 2.23. The molecule has 6 nitrogen and oxygen atoms in total. The first-order valence-corrected chi connectivity index (χ1v) is 9.22. The number of ether oxygens (including phenoxy) is 1. The minimum atomic E-state index is 0. The van der Waals surface area contributed by atoms with Gasteiger partial charge in [0.05, 0.1) is 30.2 Å². The van der Waals surface area contributed by atoms with Gasteiger partial charge < -0.3 is 15.0 Å². The molecule has 1 saturated heterocycles. The number of morpholine rings is 1. The van der Waals surface area contributed by atoms with Crippen LogP contribution < -0.4 is 5.32 Å². The number of hydrogen-bond donors (Lipinski definition) is 1. The van der Waals surface area contributed by atoms with Gasteiger partial charge in [-0.2, -0.15) is 5.10 Å². The number of guanidine groups is 1. The molecule has 0 bridgehead atoms. The number of thiophene rings is 1. The molecule has 138 valence electrons. The van der Waals surface area contributed by atoms with E-state index in [2.05, 4.69) is 22.2 Å². The number of halogens is 2. The molecule has 1 aliphatic rings. The molecule has 1 N–H and O–H groups in total. The van der Waals surface area contributed by atoms with Crippen molar-refractivity contribution in [3.63, 3.8) is 0 Å². The van der Waals surface area contributed by atoms with Gasteiger partial charge in [-0.05, 0) is 19.1 Å². The van der Waals surface area contributed by atoms with Crippen molar-refractivity contribution in [3.8, 4) is 0 Å². The van der Waals surface area contributed by atoms with E-state index in [4.69, 9.17) is 21.3 Å². The van der Waals surface area contributed by atoms with E-state index in [1.807, 2.05) is 31.6 Å². The van der Waals surface area contributed by atoms with Crippen molar-refractivity contribution in [1.29, 1.82) is 0 Å². The molecule has 1 atom stereocenters. The van der Waals surface area contributed by atoms with Gasteiger partial charge in [-0.3, -0.25) is 4.68 Å². The van der Waals surface area contributed by atoms with Gasteiger partial charge in [-0.1, -0.05) is 11.6 Å². The Labute approximate surface area is 174 Å². The summed E-state index contributed by atoms with van der Waals surface area (Å²) >= 11 is 7.57. The predicted octanol–water partition coefficient (Wildman–Crippen LogP) is 3.29. The summed E-state index contributed by atoms with van der Waals surface area (Å²) in [6.45, 7) is 5.81. The molecule has 2 aromatic rings. The smallest absolute Gasteiger partial charge is 0.194 e. The summed E-state index contributed by atoms with van der Waals surface area (Å²) in [7, 11) is 1.92. The Kier molecular flexibility index (Phi) is 7.98. The van der Waals surface area contributed by atoms with Crippen LogP contribution in [0.1, 0.15) is 23.5 Å². The maximum Gasteiger partial charge on any atom is 0.194 e. The first kappa shape index (κ1) is 20.5. The van der Waals surface area contributed by atoms with Gasteiger partial charge in [-0.15, -0.1) is 35.3 Å². The third-order valence-corrected chi connectivity index (χ3v) is 5.03. The normalized spacial score (nSPS) is 18.1. The zero-order valence-corrected chi connectivity index (χ0v) is 18.2. The summed E-state index contributed by atoms with van der Waals surface area (Å²) in [5.41, 5.74) is 1.10. The second-order valence-corrected chi connectivity index (χ2v) is 7.43. The largest absolute Gasteiger partial charge is 0.370 e. The molecule has 9 heteroatoms. The first-order valence-electron chi connectivity index (χ1n) is 8.03. The number of aromatic nitrogens is 2. The average molecular weight is 496 g/mol. The van der Waals surface area contributed by atoms with Crippen molar-refractivity contribution >= 4 is 52.9 Å². The van der Waals surface area contributed by atoms with Crippen molar-refractivity contribution in [2.24, 2.45) is 12.0 Å². The highest BCUT2D eigenvalue weighted by molar-refractivity contribution is 14.0. The van der Waals surface area contributed by atoms with Crippen LogP contribution >= 0.6 is 46.9 Å². The predicted molar refractivity (Wildman–Crippen MR) is 113 cm³/mol. The molecule has 0 spiro atoms. The van der Waals surface area contributed by atoms with Crippen LogP contribution in [0.5, 0.6) is 0 Å². The topological polar surface area (TPSA) is 54.7 Å². The van der Waals surface area contributed by atoms with E-state index in [9.17, 15) is 0 Å². The Hall–Kier alpha value is -0.840. The zero-order valence-electron chi connectivity index (χ0n) is 14.3. The lowest BCUT2D eigenvalue weighted by Gasteiger charge is -2.34. The minimum Gasteiger partial charge on any atom is -0.370 e. The molecule has 0 saturated carbocycles. The van der Waals surface area contributed by atoms with Crippen LogP contribution in [-0.4, -0.2) is 46.9 Å². The quantitative estimate of drug-likeness (QED) is 0.402. The van der Waals surface area contributed by atoms with Crippen molar-refractivity contribution in [2.45, 2.75) is 19.6 Å². The van der Waals surface area contributed by atoms with Gasteiger partial charge in [0.2, 0.25) is 0 Å². The molecule has 0 aromatic carbocycles. The summed E-state index contributed by atoms with van der Waals surface area (Å²) in [5, 5.41) is 7.62. The highest BCUT2D eigenvalue weighted by Gasteiger charge is 2.25. The van der Waals surface area contributed by atoms with Gasteiger partial charge in [0.1, 0.15) is 6.10 Å². The van der Waals surface area contributed by atoms with Crippen LogP contribution in [0, 0.1) is 0 Å². The SMILES string of the molecule is CCNC(=NCc1ccc(Cl)s1)N1CCOC(c2cnn(C)c2)C1.I. The summed E-state index contributed by atoms with van der Waals surface area (Å²) in [5.74, 6) is 0.916. The molecule has 1 unspecified atom stereocenters. The molecular weight excluding hydrogens is 473 g/mol. The molecule has 25 heavy (non-hydrogen) atoms. The number of nitrogens with zero attached hydrogens (tertiary/aromatic N) is 4. The van der Waals surface area contributed by atoms with Gasteiger partial charge in [0.15, 0.2) is 5.96 Å². The van der Waals surface area contributed by atoms with Crippen molar-refractivity contribution in [2.75, 3.05) is 26.2 Å². The Balaban J connectivity index is 0.00000225. The standard InChI is InChI=1S/C16H22ClN5OS.HI/c1-3-18-16(19-9-13-4-5-15(17)24-13)22-6-7-23-14(11-22)12-8-20-21(2)10-12;/h4-5,8,10,14H,3,6-7,9,11H2,1-2H3,(H,18,19);1H. The number of nitrogens with one attached hydrogen (secondary N) is 1. The molecule has 1 aliphatic heterocycles. The molecule has 3 rings (SSSR count). The van der Waals surface area contributed by atoms with Crippen molar-refractivity contribution in [3.05, 3.63) is 39.3 Å². The van der Waals surface area contributed by atoms with Gasteiger partial charge in [0, 0.05) is 36.8 Å². The van der Waals surface area contributed by atoms with E-state index >= 15 is 0 Å². The van der Waals surface area contributed by atoms with Crippen LogP contribution in [0.15, 0.2) is 29.5 Å².